The first kappa shape index (κ1) is 21.4. The van der Waals surface area contributed by atoms with Crippen LogP contribution in [0, 0.1) is 0 Å². The average Bonchev–Trinajstić information content (AvgIpc) is 2.94. The summed E-state index contributed by atoms with van der Waals surface area (Å²) in [5.41, 5.74) is -1.77. The zero-order valence-electron chi connectivity index (χ0n) is 16.2. The van der Waals surface area contributed by atoms with E-state index in [-0.39, 0.29) is 6.54 Å². The molecule has 10 heteroatoms. The quantitative estimate of drug-likeness (QED) is 0.584. The number of esters is 1. The number of amides is 2. The molecule has 1 aromatic heterocycles. The van der Waals surface area contributed by atoms with Crippen LogP contribution in [0.5, 0.6) is 0 Å². The number of ether oxygens (including phenoxy) is 3. The fourth-order valence-corrected chi connectivity index (χ4v) is 1.85. The van der Waals surface area contributed by atoms with Crippen LogP contribution in [0.2, 0.25) is 0 Å². The van der Waals surface area contributed by atoms with Gasteiger partial charge in [0.25, 0.3) is 0 Å². The van der Waals surface area contributed by atoms with Crippen LogP contribution in [0.3, 0.4) is 0 Å². The van der Waals surface area contributed by atoms with Crippen LogP contribution in [-0.4, -0.2) is 62.2 Å². The lowest BCUT2D eigenvalue weighted by Gasteiger charge is -2.32. The van der Waals surface area contributed by atoms with Crippen molar-refractivity contribution in [3.63, 3.8) is 0 Å². The molecule has 0 aliphatic carbocycles. The van der Waals surface area contributed by atoms with Crippen molar-refractivity contribution >= 4 is 18.2 Å². The van der Waals surface area contributed by atoms with E-state index in [9.17, 15) is 14.4 Å². The van der Waals surface area contributed by atoms with E-state index >= 15 is 0 Å². The molecule has 0 N–H and O–H groups in total. The minimum atomic E-state index is -1.34. The molecule has 0 fully saturated rings. The van der Waals surface area contributed by atoms with Crippen LogP contribution >= 0.6 is 0 Å². The predicted octanol–water partition coefficient (Wildman–Crippen LogP) is 1.99. The molecule has 1 unspecified atom stereocenters. The SMILES string of the molecule is COC(=O)C(Cn1cncn1)N(C(=O)OC(C)(C)C)C(=O)OC(C)(C)C. The van der Waals surface area contributed by atoms with E-state index in [4.69, 9.17) is 14.2 Å². The lowest BCUT2D eigenvalue weighted by Crippen LogP contribution is -2.53. The molecule has 146 valence electrons. The van der Waals surface area contributed by atoms with Crippen molar-refractivity contribution < 1.29 is 28.6 Å². The topological polar surface area (TPSA) is 113 Å². The predicted molar refractivity (Wildman–Crippen MR) is 90.1 cm³/mol. The number of hydrogen-bond acceptors (Lipinski definition) is 8. The Labute approximate surface area is 152 Å². The van der Waals surface area contributed by atoms with Crippen LogP contribution in [0.1, 0.15) is 41.5 Å². The van der Waals surface area contributed by atoms with Crippen LogP contribution in [0.25, 0.3) is 0 Å². The fourth-order valence-electron chi connectivity index (χ4n) is 1.85. The molecule has 0 radical (unpaired) electrons. The number of carbonyl (C=O) groups excluding carboxylic acids is 3. The lowest BCUT2D eigenvalue weighted by atomic mass is 10.2. The Bertz CT molecular complexity index is 602. The van der Waals surface area contributed by atoms with Crippen molar-refractivity contribution in [3.05, 3.63) is 12.7 Å². The molecule has 1 rings (SSSR count). The zero-order valence-corrected chi connectivity index (χ0v) is 16.2. The highest BCUT2D eigenvalue weighted by Gasteiger charge is 2.41. The van der Waals surface area contributed by atoms with Gasteiger partial charge in [-0.05, 0) is 41.5 Å². The second kappa shape index (κ2) is 8.15. The summed E-state index contributed by atoms with van der Waals surface area (Å²) >= 11 is 0. The van der Waals surface area contributed by atoms with Gasteiger partial charge < -0.3 is 14.2 Å². The molecule has 0 aliphatic rings. The maximum Gasteiger partial charge on any atom is 0.420 e. The Hall–Kier alpha value is -2.65. The molecule has 0 bridgehead atoms. The van der Waals surface area contributed by atoms with Gasteiger partial charge in [-0.2, -0.15) is 10.00 Å². The van der Waals surface area contributed by atoms with E-state index in [1.165, 1.54) is 17.3 Å². The molecule has 2 amide bonds. The second-order valence-corrected chi connectivity index (χ2v) is 7.49. The smallest absolute Gasteiger partial charge is 0.420 e. The number of methoxy groups -OCH3 is 1. The highest BCUT2D eigenvalue weighted by atomic mass is 16.6. The average molecular weight is 370 g/mol. The number of imide groups is 1. The summed E-state index contributed by atoms with van der Waals surface area (Å²) in [6.45, 7) is 9.69. The summed E-state index contributed by atoms with van der Waals surface area (Å²) in [5, 5.41) is 3.89. The minimum absolute atomic E-state index is 0.162. The van der Waals surface area contributed by atoms with Crippen molar-refractivity contribution in [2.75, 3.05) is 7.11 Å². The number of carbonyl (C=O) groups is 3. The zero-order chi connectivity index (χ0) is 20.1. The molecule has 0 aliphatic heterocycles. The minimum Gasteiger partial charge on any atom is -0.467 e. The molecule has 0 spiro atoms. The summed E-state index contributed by atoms with van der Waals surface area (Å²) in [4.78, 5) is 41.9. The maximum atomic E-state index is 12.6. The van der Waals surface area contributed by atoms with E-state index in [0.29, 0.717) is 4.90 Å². The van der Waals surface area contributed by atoms with Gasteiger partial charge in [0.05, 0.1) is 13.7 Å². The largest absolute Gasteiger partial charge is 0.467 e. The Morgan fingerprint density at radius 1 is 1.04 bits per heavy atom. The molecule has 1 heterocycles. The third-order valence-electron chi connectivity index (χ3n) is 2.79. The van der Waals surface area contributed by atoms with E-state index in [0.717, 1.165) is 7.11 Å². The van der Waals surface area contributed by atoms with Crippen LogP contribution in [0.15, 0.2) is 12.7 Å². The van der Waals surface area contributed by atoms with Gasteiger partial charge in [0.15, 0.2) is 6.04 Å². The fraction of sp³-hybridized carbons (Fsp3) is 0.688. The number of rotatable bonds is 4. The van der Waals surface area contributed by atoms with Crippen molar-refractivity contribution in [3.8, 4) is 0 Å². The van der Waals surface area contributed by atoms with Gasteiger partial charge >= 0.3 is 18.2 Å². The van der Waals surface area contributed by atoms with Crippen LogP contribution in [0.4, 0.5) is 9.59 Å². The van der Waals surface area contributed by atoms with Gasteiger partial charge in [0.1, 0.15) is 23.9 Å². The van der Waals surface area contributed by atoms with Gasteiger partial charge in [-0.1, -0.05) is 0 Å². The first-order chi connectivity index (χ1) is 11.8. The summed E-state index contributed by atoms with van der Waals surface area (Å²) in [6, 6.07) is -1.34. The molecule has 0 aromatic carbocycles. The monoisotopic (exact) mass is 370 g/mol. The van der Waals surface area contributed by atoms with Gasteiger partial charge in [-0.25, -0.2) is 19.4 Å². The molecule has 0 saturated heterocycles. The molecule has 26 heavy (non-hydrogen) atoms. The van der Waals surface area contributed by atoms with Gasteiger partial charge in [-0.15, -0.1) is 0 Å². The van der Waals surface area contributed by atoms with E-state index in [1.807, 2.05) is 0 Å². The highest BCUT2D eigenvalue weighted by Crippen LogP contribution is 2.18. The maximum absolute atomic E-state index is 12.6. The molecule has 0 saturated carbocycles. The first-order valence-corrected chi connectivity index (χ1v) is 7.99. The second-order valence-electron chi connectivity index (χ2n) is 7.49. The van der Waals surface area contributed by atoms with Gasteiger partial charge in [0, 0.05) is 0 Å². The van der Waals surface area contributed by atoms with Gasteiger partial charge in [0.2, 0.25) is 0 Å². The summed E-state index contributed by atoms with van der Waals surface area (Å²) in [6.07, 6.45) is 0.558. The normalized spacial score (nSPS) is 12.9. The molecular weight excluding hydrogens is 344 g/mol. The molecular formula is C16H26N4O6. The van der Waals surface area contributed by atoms with Gasteiger partial charge in [-0.3, -0.25) is 4.68 Å². The van der Waals surface area contributed by atoms with E-state index in [1.54, 1.807) is 41.5 Å². The highest BCUT2D eigenvalue weighted by molar-refractivity contribution is 5.94. The van der Waals surface area contributed by atoms with Crippen molar-refractivity contribution in [1.82, 2.24) is 19.7 Å². The van der Waals surface area contributed by atoms with Crippen molar-refractivity contribution in [2.45, 2.75) is 65.3 Å². The van der Waals surface area contributed by atoms with E-state index in [2.05, 4.69) is 10.1 Å². The summed E-state index contributed by atoms with van der Waals surface area (Å²) in [7, 11) is 1.15. The summed E-state index contributed by atoms with van der Waals surface area (Å²) < 4.78 is 16.6. The third kappa shape index (κ3) is 6.69. The number of nitrogens with zero attached hydrogens (tertiary/aromatic N) is 4. The lowest BCUT2D eigenvalue weighted by molar-refractivity contribution is -0.147. The van der Waals surface area contributed by atoms with Crippen LogP contribution < -0.4 is 0 Å². The Morgan fingerprint density at radius 2 is 1.54 bits per heavy atom. The Morgan fingerprint density at radius 3 is 1.88 bits per heavy atom. The number of hydrogen-bond donors (Lipinski definition) is 0. The molecule has 10 nitrogen and oxygen atoms in total. The third-order valence-corrected chi connectivity index (χ3v) is 2.79. The summed E-state index contributed by atoms with van der Waals surface area (Å²) in [5.74, 6) is -0.822. The van der Waals surface area contributed by atoms with E-state index < -0.39 is 35.4 Å². The first-order valence-electron chi connectivity index (χ1n) is 7.99. The Balaban J connectivity index is 3.24. The molecule has 1 aromatic rings. The van der Waals surface area contributed by atoms with Crippen molar-refractivity contribution in [1.29, 1.82) is 0 Å². The number of aromatic nitrogens is 3. The van der Waals surface area contributed by atoms with Crippen molar-refractivity contribution in [2.24, 2.45) is 0 Å². The Kier molecular flexibility index (Phi) is 6.71. The standard InChI is InChI=1S/C16H26N4O6/c1-15(2,3)25-13(22)20(14(23)26-16(4,5)6)11(12(21)24-7)8-19-10-17-9-18-19/h9-11H,8H2,1-7H3. The van der Waals surface area contributed by atoms with Crippen LogP contribution in [-0.2, 0) is 25.5 Å². The molecule has 1 atom stereocenters.